The van der Waals surface area contributed by atoms with Crippen molar-refractivity contribution in [2.45, 2.75) is 182 Å². The maximum absolute atomic E-state index is 14.9. The first-order chi connectivity index (χ1) is 22.6. The highest BCUT2D eigenvalue weighted by Crippen LogP contribution is 2.40. The van der Waals surface area contributed by atoms with E-state index in [1.807, 2.05) is 33.1 Å². The van der Waals surface area contributed by atoms with E-state index in [2.05, 4.69) is 71.8 Å². The maximum atomic E-state index is 14.9. The molecule has 10 heteroatoms. The lowest BCUT2D eigenvalue weighted by molar-refractivity contribution is -0.153. The molecule has 2 saturated heterocycles. The minimum atomic E-state index is -2.19. The van der Waals surface area contributed by atoms with Crippen molar-refractivity contribution >= 4 is 45.8 Å². The normalized spacial score (nSPS) is 29.8. The van der Waals surface area contributed by atoms with Crippen molar-refractivity contribution in [3.8, 4) is 0 Å². The second-order valence-electron chi connectivity index (χ2n) is 15.4. The number of thiazole rings is 1. The van der Waals surface area contributed by atoms with Crippen LogP contribution in [0.2, 0.25) is 36.3 Å². The third-order valence-electron chi connectivity index (χ3n) is 12.1. The van der Waals surface area contributed by atoms with Crippen LogP contribution >= 0.6 is 11.3 Å². The summed E-state index contributed by atoms with van der Waals surface area (Å²) in [4.78, 5) is 33.5. The molecule has 0 bridgehead atoms. The Labute approximate surface area is 299 Å². The molecule has 48 heavy (non-hydrogen) atoms. The third-order valence-corrected chi connectivity index (χ3v) is 22.2. The lowest BCUT2D eigenvalue weighted by atomic mass is 9.73. The van der Waals surface area contributed by atoms with E-state index in [0.29, 0.717) is 12.1 Å². The van der Waals surface area contributed by atoms with E-state index >= 15 is 0 Å². The highest BCUT2D eigenvalue weighted by Gasteiger charge is 2.49. The molecule has 2 fully saturated rings. The number of nitrogens with zero attached hydrogens (tertiary/aromatic N) is 1. The van der Waals surface area contributed by atoms with Crippen molar-refractivity contribution < 1.29 is 23.2 Å². The summed E-state index contributed by atoms with van der Waals surface area (Å²) >= 11 is 1.62. The number of carbonyl (C=O) groups is 2. The van der Waals surface area contributed by atoms with Crippen LogP contribution in [0.5, 0.6) is 0 Å². The summed E-state index contributed by atoms with van der Waals surface area (Å²) in [6, 6.07) is 6.70. The topological polar surface area (TPSA) is 96.7 Å². The zero-order chi connectivity index (χ0) is 35.9. The molecule has 274 valence electrons. The zero-order valence-corrected chi connectivity index (χ0v) is 35.2. The highest BCUT2D eigenvalue weighted by atomic mass is 32.1. The Kier molecular flexibility index (Phi) is 15.3. The minimum Gasteiger partial charge on any atom is -0.458 e. The molecule has 0 saturated carbocycles. The number of nitrogens with one attached hydrogen (secondary N) is 1. The van der Waals surface area contributed by atoms with Crippen LogP contribution in [0.15, 0.2) is 11.0 Å². The molecular formula is C38H68N2O5SSi2. The largest absolute Gasteiger partial charge is 0.458 e. The predicted octanol–water partition coefficient (Wildman–Crippen LogP) is 9.72. The lowest BCUT2D eigenvalue weighted by Crippen LogP contribution is -2.53. The van der Waals surface area contributed by atoms with E-state index in [1.54, 1.807) is 11.3 Å². The Morgan fingerprint density at radius 1 is 0.979 bits per heavy atom. The van der Waals surface area contributed by atoms with Gasteiger partial charge in [0, 0.05) is 35.2 Å². The van der Waals surface area contributed by atoms with Gasteiger partial charge in [0.25, 0.3) is 0 Å². The number of ether oxygens (including phenoxy) is 1. The number of esters is 1. The molecule has 3 heterocycles. The number of fused-ring (bicyclic) bond motifs is 1. The number of hydrogen-bond donors (Lipinski definition) is 1. The third kappa shape index (κ3) is 10.2. The van der Waals surface area contributed by atoms with Gasteiger partial charge in [-0.1, -0.05) is 75.7 Å². The minimum absolute atomic E-state index is 0.0555. The Morgan fingerprint density at radius 3 is 2.10 bits per heavy atom. The van der Waals surface area contributed by atoms with Crippen molar-refractivity contribution in [3.05, 3.63) is 21.7 Å². The van der Waals surface area contributed by atoms with Crippen molar-refractivity contribution in [3.63, 3.8) is 0 Å². The van der Waals surface area contributed by atoms with Gasteiger partial charge in [-0.05, 0) is 80.5 Å². The molecule has 0 amide bonds. The number of ketones is 1. The molecule has 0 aliphatic carbocycles. The van der Waals surface area contributed by atoms with Crippen LogP contribution in [0.3, 0.4) is 0 Å². The van der Waals surface area contributed by atoms with Gasteiger partial charge < -0.3 is 18.9 Å². The molecule has 1 aromatic rings. The molecule has 2 aliphatic rings. The Bertz CT molecular complexity index is 1210. The molecule has 0 spiro atoms. The van der Waals surface area contributed by atoms with Crippen molar-refractivity contribution in [1.82, 2.24) is 10.3 Å². The molecule has 0 aromatic carbocycles. The van der Waals surface area contributed by atoms with E-state index in [4.69, 9.17) is 13.6 Å². The van der Waals surface area contributed by atoms with E-state index in [9.17, 15) is 9.59 Å². The molecule has 1 aromatic heterocycles. The van der Waals surface area contributed by atoms with Gasteiger partial charge in [-0.15, -0.1) is 11.3 Å². The monoisotopic (exact) mass is 720 g/mol. The number of aryl methyl sites for hydroxylation is 1. The zero-order valence-electron chi connectivity index (χ0n) is 32.4. The Balaban J connectivity index is 2.05. The number of cyclic esters (lactones) is 1. The second-order valence-corrected chi connectivity index (χ2v) is 25.9. The summed E-state index contributed by atoms with van der Waals surface area (Å²) in [7, 11) is -4.18. The van der Waals surface area contributed by atoms with Gasteiger partial charge in [-0.25, -0.2) is 4.98 Å². The Morgan fingerprint density at radius 2 is 1.56 bits per heavy atom. The summed E-state index contributed by atoms with van der Waals surface area (Å²) in [5.74, 6) is -0.224. The molecule has 2 aliphatic heterocycles. The van der Waals surface area contributed by atoms with Crippen LogP contribution in [0.1, 0.15) is 119 Å². The van der Waals surface area contributed by atoms with Gasteiger partial charge >= 0.3 is 5.97 Å². The summed E-state index contributed by atoms with van der Waals surface area (Å²) in [6.07, 6.45) is 4.90. The van der Waals surface area contributed by atoms with Gasteiger partial charge in [0.15, 0.2) is 16.6 Å². The second kappa shape index (κ2) is 17.8. The summed E-state index contributed by atoms with van der Waals surface area (Å²) < 4.78 is 20.7. The maximum Gasteiger partial charge on any atom is 0.309 e. The number of aromatic nitrogens is 1. The van der Waals surface area contributed by atoms with Gasteiger partial charge in [-0.3, -0.25) is 9.59 Å². The van der Waals surface area contributed by atoms with E-state index in [-0.39, 0.29) is 42.2 Å². The average molecular weight is 721 g/mol. The van der Waals surface area contributed by atoms with Crippen LogP contribution in [0, 0.1) is 24.2 Å². The quantitative estimate of drug-likeness (QED) is 0.130. The average Bonchev–Trinajstić information content (AvgIpc) is 3.68. The molecule has 1 N–H and O–H groups in total. The van der Waals surface area contributed by atoms with Gasteiger partial charge in [0.05, 0.1) is 29.3 Å². The first-order valence-corrected chi connectivity index (χ1v) is 25.0. The lowest BCUT2D eigenvalue weighted by Gasteiger charge is -2.44. The standard InChI is InChI=1S/C38H68N2O5SSi2/c1-13-47(14-2,15-3)44-34-24-35(41)43-33(27(8)22-30-25-46-29(10)39-30)23-32-31(40-32)21-19-20-26(7)36(28(9)37(42)38(34,11)12)45-48(16-4,17-5)18-6/h22,25-26,28,31-34,36,40H,13-21,23-24H2,1-12H3/t26?,28-,31-,32+,33?,34+,36+/m1/s1. The number of Topliss-reactive ketones (excluding diaryl/α,β-unsaturated/α-hetero) is 1. The van der Waals surface area contributed by atoms with Crippen molar-refractivity contribution in [1.29, 1.82) is 0 Å². The highest BCUT2D eigenvalue weighted by molar-refractivity contribution is 7.09. The first-order valence-electron chi connectivity index (χ1n) is 19.1. The van der Waals surface area contributed by atoms with Gasteiger partial charge in [0.2, 0.25) is 0 Å². The molecular weight excluding hydrogens is 653 g/mol. The van der Waals surface area contributed by atoms with E-state index in [1.165, 1.54) is 0 Å². The molecule has 0 radical (unpaired) electrons. The van der Waals surface area contributed by atoms with E-state index in [0.717, 1.165) is 78.2 Å². The molecule has 7 atom stereocenters. The number of carbonyl (C=O) groups excluding carboxylic acids is 2. The van der Waals surface area contributed by atoms with Crippen LogP contribution in [0.25, 0.3) is 6.08 Å². The van der Waals surface area contributed by atoms with Crippen LogP contribution in [-0.4, -0.2) is 63.8 Å². The van der Waals surface area contributed by atoms with Crippen LogP contribution in [0.4, 0.5) is 0 Å². The molecule has 2 unspecified atom stereocenters. The Hall–Kier alpha value is -1.18. The molecule has 7 nitrogen and oxygen atoms in total. The van der Waals surface area contributed by atoms with E-state index < -0.39 is 28.2 Å². The fourth-order valence-electron chi connectivity index (χ4n) is 7.89. The number of hydrogen-bond acceptors (Lipinski definition) is 8. The SMILES string of the molecule is CC[Si](CC)(CC)O[C@H]1CC(=O)OC(C(C)=Cc2csc(C)n2)C[C@@H]2N[C@@H]2CCCC(C)[C@H](O[Si](CC)(CC)CC)[C@@H](C)C(=O)C1(C)C. The van der Waals surface area contributed by atoms with Crippen molar-refractivity contribution in [2.75, 3.05) is 0 Å². The van der Waals surface area contributed by atoms with Crippen LogP contribution < -0.4 is 5.32 Å². The fourth-order valence-corrected chi connectivity index (χ4v) is 14.5. The van der Waals surface area contributed by atoms with Crippen LogP contribution in [-0.2, 0) is 23.2 Å². The predicted molar refractivity (Wildman–Crippen MR) is 205 cm³/mol. The first kappa shape index (κ1) is 41.2. The van der Waals surface area contributed by atoms with Crippen molar-refractivity contribution in [2.24, 2.45) is 17.3 Å². The summed E-state index contributed by atoms with van der Waals surface area (Å²) in [5.41, 5.74) is 0.995. The van der Waals surface area contributed by atoms with Gasteiger partial charge in [-0.2, -0.15) is 0 Å². The number of rotatable bonds is 12. The fraction of sp³-hybridized carbons (Fsp3) is 0.816. The smallest absolute Gasteiger partial charge is 0.309 e. The summed E-state index contributed by atoms with van der Waals surface area (Å²) in [5, 5.41) is 6.74. The van der Waals surface area contributed by atoms with Gasteiger partial charge in [0.1, 0.15) is 11.9 Å². The molecule has 3 rings (SSSR count). The summed E-state index contributed by atoms with van der Waals surface area (Å²) in [6.45, 7) is 25.8.